The van der Waals surface area contributed by atoms with Gasteiger partial charge < -0.3 is 10.2 Å². The van der Waals surface area contributed by atoms with Crippen LogP contribution in [0.25, 0.3) is 16.0 Å². The summed E-state index contributed by atoms with van der Waals surface area (Å²) in [6, 6.07) is 7.65. The third-order valence-corrected chi connectivity index (χ3v) is 8.11. The van der Waals surface area contributed by atoms with Crippen LogP contribution in [-0.2, 0) is 4.79 Å². The van der Waals surface area contributed by atoms with Crippen molar-refractivity contribution in [3.63, 3.8) is 0 Å². The summed E-state index contributed by atoms with van der Waals surface area (Å²) in [4.78, 5) is 20.1. The number of amides is 1. The first kappa shape index (κ1) is 22.4. The van der Waals surface area contributed by atoms with Crippen molar-refractivity contribution < 1.29 is 4.79 Å². The average molecular weight is 484 g/mol. The summed E-state index contributed by atoms with van der Waals surface area (Å²) in [5.41, 5.74) is 4.28. The molecule has 0 radical (unpaired) electrons. The number of piperidine rings is 1. The largest absolute Gasteiger partial charge is 0.355 e. The Labute approximate surface area is 203 Å². The maximum Gasteiger partial charge on any atom is 0.224 e. The molecule has 1 atom stereocenters. The molecule has 0 unspecified atom stereocenters. The molecular formula is C25H30ClN5OS. The van der Waals surface area contributed by atoms with E-state index in [0.717, 1.165) is 65.8 Å². The van der Waals surface area contributed by atoms with Gasteiger partial charge in [0, 0.05) is 24.7 Å². The van der Waals surface area contributed by atoms with Crippen molar-refractivity contribution >= 4 is 44.3 Å². The van der Waals surface area contributed by atoms with Crippen LogP contribution in [0.5, 0.6) is 0 Å². The van der Waals surface area contributed by atoms with Gasteiger partial charge in [0.25, 0.3) is 0 Å². The minimum absolute atomic E-state index is 0.0139. The van der Waals surface area contributed by atoms with Crippen molar-refractivity contribution in [1.29, 1.82) is 0 Å². The van der Waals surface area contributed by atoms with E-state index in [-0.39, 0.29) is 11.8 Å². The second kappa shape index (κ2) is 9.85. The first-order chi connectivity index (χ1) is 16.1. The minimum atomic E-state index is 0.0139. The number of rotatable bonds is 6. The van der Waals surface area contributed by atoms with E-state index in [1.807, 2.05) is 35.9 Å². The molecule has 3 heterocycles. The predicted molar refractivity (Wildman–Crippen MR) is 136 cm³/mol. The number of carbonyl (C=O) groups is 1. The van der Waals surface area contributed by atoms with Gasteiger partial charge in [-0.15, -0.1) is 0 Å². The molecule has 1 fully saturated rings. The van der Waals surface area contributed by atoms with E-state index in [4.69, 9.17) is 16.6 Å². The van der Waals surface area contributed by atoms with Gasteiger partial charge in [-0.2, -0.15) is 10.1 Å². The molecule has 1 N–H and O–H groups in total. The van der Waals surface area contributed by atoms with Crippen molar-refractivity contribution in [2.75, 3.05) is 24.5 Å². The molecule has 5 rings (SSSR count). The normalized spacial score (nSPS) is 19.0. The summed E-state index contributed by atoms with van der Waals surface area (Å²) in [6.07, 6.45) is 10.3. The third kappa shape index (κ3) is 4.94. The van der Waals surface area contributed by atoms with Gasteiger partial charge in [0.05, 0.1) is 22.0 Å². The average Bonchev–Trinajstić information content (AvgIpc) is 3.41. The highest BCUT2D eigenvalue weighted by Gasteiger charge is 2.28. The molecule has 1 aliphatic carbocycles. The Morgan fingerprint density at radius 2 is 2.09 bits per heavy atom. The molecule has 2 aromatic heterocycles. The molecule has 1 aromatic carbocycles. The summed E-state index contributed by atoms with van der Waals surface area (Å²) < 4.78 is 2.97. The van der Waals surface area contributed by atoms with Gasteiger partial charge in [0.1, 0.15) is 0 Å². The van der Waals surface area contributed by atoms with Crippen LogP contribution in [0.2, 0.25) is 5.02 Å². The fourth-order valence-corrected chi connectivity index (χ4v) is 5.96. The zero-order valence-corrected chi connectivity index (χ0v) is 20.6. The number of fused-ring (bicyclic) bond motifs is 1. The Hall–Kier alpha value is -2.38. The monoisotopic (exact) mass is 483 g/mol. The fraction of sp³-hybridized carbons (Fsp3) is 0.480. The first-order valence-corrected chi connectivity index (χ1v) is 13.1. The number of carbonyl (C=O) groups excluding carboxylic acids is 1. The molecule has 2 aliphatic rings. The number of aromatic nitrogens is 3. The van der Waals surface area contributed by atoms with Gasteiger partial charge in [-0.25, -0.2) is 4.68 Å². The van der Waals surface area contributed by atoms with Crippen LogP contribution in [0.4, 0.5) is 5.13 Å². The lowest BCUT2D eigenvalue weighted by Gasteiger charge is -2.31. The highest BCUT2D eigenvalue weighted by atomic mass is 35.5. The number of allylic oxidation sites excluding steroid dienone is 1. The standard InChI is InChI=1S/C25H30ClN5OS/c1-17-22-23(31(29-17)21-11-9-20(26)10-12-21)28-25(33-22)30-15-5-8-19(16-30)24(32)27-14-13-18-6-3-2-4-7-18/h6,9-12,19H,2-5,7-8,13-16H2,1H3,(H,27,32)/t19-/m0/s1. The van der Waals surface area contributed by atoms with Gasteiger partial charge in [0.2, 0.25) is 5.91 Å². The van der Waals surface area contributed by atoms with Gasteiger partial charge in [-0.3, -0.25) is 4.79 Å². The number of aryl methyl sites for hydroxylation is 1. The summed E-state index contributed by atoms with van der Waals surface area (Å²) in [5, 5.41) is 9.55. The van der Waals surface area contributed by atoms with Gasteiger partial charge >= 0.3 is 0 Å². The van der Waals surface area contributed by atoms with E-state index in [0.29, 0.717) is 5.02 Å². The van der Waals surface area contributed by atoms with Crippen LogP contribution in [0.15, 0.2) is 35.9 Å². The highest BCUT2D eigenvalue weighted by molar-refractivity contribution is 7.22. The predicted octanol–water partition coefficient (Wildman–Crippen LogP) is 5.67. The number of benzene rings is 1. The number of hydrogen-bond donors (Lipinski definition) is 1. The second-order valence-electron chi connectivity index (χ2n) is 9.06. The molecule has 1 amide bonds. The van der Waals surface area contributed by atoms with Gasteiger partial charge in [-0.05, 0) is 76.1 Å². The topological polar surface area (TPSA) is 63.1 Å². The quantitative estimate of drug-likeness (QED) is 0.459. The van der Waals surface area contributed by atoms with E-state index in [9.17, 15) is 4.79 Å². The number of anilines is 1. The van der Waals surface area contributed by atoms with Gasteiger partial charge in [-0.1, -0.05) is 34.6 Å². The molecule has 174 valence electrons. The number of nitrogens with one attached hydrogen (secondary N) is 1. The second-order valence-corrected chi connectivity index (χ2v) is 10.5. The lowest BCUT2D eigenvalue weighted by Crippen LogP contribution is -2.43. The van der Waals surface area contributed by atoms with Crippen LogP contribution < -0.4 is 10.2 Å². The van der Waals surface area contributed by atoms with Crippen LogP contribution in [-0.4, -0.2) is 40.3 Å². The van der Waals surface area contributed by atoms with Crippen LogP contribution >= 0.6 is 22.9 Å². The van der Waals surface area contributed by atoms with Crippen molar-refractivity contribution in [3.8, 4) is 5.69 Å². The Balaban J connectivity index is 1.26. The molecule has 0 spiro atoms. The van der Waals surface area contributed by atoms with Crippen LogP contribution in [0.3, 0.4) is 0 Å². The molecule has 1 saturated heterocycles. The summed E-state index contributed by atoms with van der Waals surface area (Å²) in [5.74, 6) is 0.195. The molecule has 33 heavy (non-hydrogen) atoms. The molecule has 8 heteroatoms. The molecule has 0 bridgehead atoms. The maximum absolute atomic E-state index is 12.9. The van der Waals surface area contributed by atoms with Crippen molar-refractivity contribution in [3.05, 3.63) is 46.6 Å². The Bertz CT molecular complexity index is 1170. The number of halogens is 1. The van der Waals surface area contributed by atoms with Crippen LogP contribution in [0, 0.1) is 12.8 Å². The Morgan fingerprint density at radius 3 is 2.88 bits per heavy atom. The summed E-state index contributed by atoms with van der Waals surface area (Å²) in [6.45, 7) is 4.42. The zero-order valence-electron chi connectivity index (χ0n) is 19.0. The zero-order chi connectivity index (χ0) is 22.8. The molecular weight excluding hydrogens is 454 g/mol. The first-order valence-electron chi connectivity index (χ1n) is 11.9. The number of hydrogen-bond acceptors (Lipinski definition) is 5. The number of nitrogens with zero attached hydrogens (tertiary/aromatic N) is 4. The van der Waals surface area contributed by atoms with Crippen molar-refractivity contribution in [2.24, 2.45) is 5.92 Å². The lowest BCUT2D eigenvalue weighted by atomic mass is 9.96. The fourth-order valence-electron chi connectivity index (χ4n) is 4.81. The SMILES string of the molecule is Cc1nn(-c2ccc(Cl)cc2)c2nc(N3CCC[C@H](C(=O)NCCC4=CCCCC4)C3)sc12. The molecule has 6 nitrogen and oxygen atoms in total. The van der Waals surface area contributed by atoms with E-state index >= 15 is 0 Å². The van der Waals surface area contributed by atoms with Crippen LogP contribution in [0.1, 0.15) is 50.6 Å². The smallest absolute Gasteiger partial charge is 0.224 e. The summed E-state index contributed by atoms with van der Waals surface area (Å²) >= 11 is 7.72. The lowest BCUT2D eigenvalue weighted by molar-refractivity contribution is -0.125. The van der Waals surface area contributed by atoms with Crippen molar-refractivity contribution in [1.82, 2.24) is 20.1 Å². The van der Waals surface area contributed by atoms with Gasteiger partial charge in [0.15, 0.2) is 10.8 Å². The highest BCUT2D eigenvalue weighted by Crippen LogP contribution is 2.34. The number of thiazole rings is 1. The van der Waals surface area contributed by atoms with Crippen molar-refractivity contribution in [2.45, 2.75) is 51.9 Å². The van der Waals surface area contributed by atoms with E-state index < -0.39 is 0 Å². The maximum atomic E-state index is 12.9. The Kier molecular flexibility index (Phi) is 6.69. The molecule has 1 aliphatic heterocycles. The van der Waals surface area contributed by atoms with E-state index in [1.54, 1.807) is 11.3 Å². The molecule has 0 saturated carbocycles. The van der Waals surface area contributed by atoms with E-state index in [2.05, 4.69) is 21.4 Å². The summed E-state index contributed by atoms with van der Waals surface area (Å²) in [7, 11) is 0. The van der Waals surface area contributed by atoms with E-state index in [1.165, 1.54) is 31.3 Å². The minimum Gasteiger partial charge on any atom is -0.355 e. The third-order valence-electron chi connectivity index (χ3n) is 6.64. The molecule has 3 aromatic rings. The Morgan fingerprint density at radius 1 is 1.24 bits per heavy atom.